The van der Waals surface area contributed by atoms with Gasteiger partial charge in [-0.15, -0.1) is 0 Å². The predicted octanol–water partition coefficient (Wildman–Crippen LogP) is -0.0755. The zero-order valence-electron chi connectivity index (χ0n) is 12.8. The number of ether oxygens (including phenoxy) is 1. The molecule has 0 saturated carbocycles. The van der Waals surface area contributed by atoms with Gasteiger partial charge < -0.3 is 26.2 Å². The minimum absolute atomic E-state index is 0.0561. The van der Waals surface area contributed by atoms with Gasteiger partial charge in [-0.1, -0.05) is 20.8 Å². The largest absolute Gasteiger partial charge is 0.481 e. The first-order chi connectivity index (χ1) is 9.61. The summed E-state index contributed by atoms with van der Waals surface area (Å²) in [6.07, 6.45) is 0.463. The lowest BCUT2D eigenvalue weighted by molar-refractivity contribution is -0.142. The summed E-state index contributed by atoms with van der Waals surface area (Å²) in [5, 5.41) is 14.1. The van der Waals surface area contributed by atoms with Crippen molar-refractivity contribution >= 4 is 17.9 Å². The highest BCUT2D eigenvalue weighted by molar-refractivity contribution is 5.76. The van der Waals surface area contributed by atoms with E-state index in [9.17, 15) is 14.4 Å². The zero-order chi connectivity index (χ0) is 16.5. The molecule has 0 aliphatic carbocycles. The molecule has 0 rings (SSSR count). The van der Waals surface area contributed by atoms with Crippen molar-refractivity contribution in [1.82, 2.24) is 10.6 Å². The van der Waals surface area contributed by atoms with E-state index in [-0.39, 0.29) is 31.7 Å². The van der Waals surface area contributed by atoms with Crippen LogP contribution in [0.25, 0.3) is 0 Å². The van der Waals surface area contributed by atoms with Gasteiger partial charge in [-0.2, -0.15) is 0 Å². The average Bonchev–Trinajstić information content (AvgIpc) is 2.32. The van der Waals surface area contributed by atoms with Gasteiger partial charge in [0.05, 0.1) is 12.5 Å². The molecule has 122 valence electrons. The van der Waals surface area contributed by atoms with E-state index in [0.29, 0.717) is 6.42 Å². The lowest BCUT2D eigenvalue weighted by Gasteiger charge is -2.23. The Bertz CT molecular complexity index is 365. The van der Waals surface area contributed by atoms with Crippen molar-refractivity contribution in [2.24, 2.45) is 17.1 Å². The number of hydrogen-bond donors (Lipinski definition) is 4. The van der Waals surface area contributed by atoms with Crippen LogP contribution in [0.2, 0.25) is 0 Å². The molecule has 8 nitrogen and oxygen atoms in total. The van der Waals surface area contributed by atoms with Gasteiger partial charge >= 0.3 is 12.0 Å². The summed E-state index contributed by atoms with van der Waals surface area (Å²) >= 11 is 0. The lowest BCUT2D eigenvalue weighted by Crippen LogP contribution is -2.42. The molecule has 5 N–H and O–H groups in total. The first kappa shape index (κ1) is 19.2. The monoisotopic (exact) mass is 303 g/mol. The normalized spacial score (nSPS) is 12.5. The second-order valence-corrected chi connectivity index (χ2v) is 5.96. The van der Waals surface area contributed by atoms with Gasteiger partial charge in [-0.25, -0.2) is 4.79 Å². The van der Waals surface area contributed by atoms with Crippen molar-refractivity contribution in [3.63, 3.8) is 0 Å². The number of carbonyl (C=O) groups excluding carboxylic acids is 2. The van der Waals surface area contributed by atoms with Crippen molar-refractivity contribution in [1.29, 1.82) is 0 Å². The molecule has 0 aromatic heterocycles. The van der Waals surface area contributed by atoms with Gasteiger partial charge in [-0.3, -0.25) is 9.59 Å². The molecule has 1 atom stereocenters. The molecule has 0 aliphatic heterocycles. The van der Waals surface area contributed by atoms with Crippen LogP contribution in [-0.4, -0.2) is 49.3 Å². The van der Waals surface area contributed by atoms with Gasteiger partial charge in [0, 0.05) is 13.1 Å². The average molecular weight is 303 g/mol. The fourth-order valence-corrected chi connectivity index (χ4v) is 1.67. The highest BCUT2D eigenvalue weighted by atomic mass is 16.5. The third-order valence-electron chi connectivity index (χ3n) is 2.49. The molecule has 1 unspecified atom stereocenters. The minimum atomic E-state index is -0.935. The lowest BCUT2D eigenvalue weighted by atomic mass is 9.84. The van der Waals surface area contributed by atoms with E-state index in [0.717, 1.165) is 0 Å². The third-order valence-corrected chi connectivity index (χ3v) is 2.49. The predicted molar refractivity (Wildman–Crippen MR) is 76.6 cm³/mol. The molecule has 0 aliphatic rings. The van der Waals surface area contributed by atoms with Crippen molar-refractivity contribution in [3.8, 4) is 0 Å². The van der Waals surface area contributed by atoms with Crippen LogP contribution < -0.4 is 16.4 Å². The fraction of sp³-hybridized carbons (Fsp3) is 0.769. The summed E-state index contributed by atoms with van der Waals surface area (Å²) in [6.45, 7) is 6.05. The quantitative estimate of drug-likeness (QED) is 0.443. The van der Waals surface area contributed by atoms with Gasteiger partial charge in [-0.05, 0) is 11.8 Å². The zero-order valence-corrected chi connectivity index (χ0v) is 12.8. The van der Waals surface area contributed by atoms with Crippen molar-refractivity contribution in [2.75, 3.05) is 26.3 Å². The van der Waals surface area contributed by atoms with E-state index in [1.54, 1.807) is 0 Å². The van der Waals surface area contributed by atoms with Crippen molar-refractivity contribution < 1.29 is 24.2 Å². The van der Waals surface area contributed by atoms with Gasteiger partial charge in [0.15, 0.2) is 0 Å². The van der Waals surface area contributed by atoms with Crippen LogP contribution in [0.5, 0.6) is 0 Å². The number of amides is 3. The number of carboxylic acids is 1. The van der Waals surface area contributed by atoms with Crippen LogP contribution >= 0.6 is 0 Å². The van der Waals surface area contributed by atoms with Crippen LogP contribution in [0.1, 0.15) is 27.2 Å². The Morgan fingerprint density at radius 3 is 2.33 bits per heavy atom. The van der Waals surface area contributed by atoms with Gasteiger partial charge in [0.25, 0.3) is 0 Å². The summed E-state index contributed by atoms with van der Waals surface area (Å²) in [5.41, 5.74) is 4.74. The van der Waals surface area contributed by atoms with E-state index >= 15 is 0 Å². The number of primary amides is 1. The first-order valence-corrected chi connectivity index (χ1v) is 6.72. The number of carbonyl (C=O) groups is 3. The molecule has 0 fully saturated rings. The van der Waals surface area contributed by atoms with Gasteiger partial charge in [0.2, 0.25) is 5.91 Å². The Labute approximate surface area is 124 Å². The number of hydrogen-bond acceptors (Lipinski definition) is 4. The third kappa shape index (κ3) is 11.7. The Kier molecular flexibility index (Phi) is 8.37. The molecule has 8 heteroatoms. The number of nitrogens with one attached hydrogen (secondary N) is 2. The van der Waals surface area contributed by atoms with E-state index in [4.69, 9.17) is 15.6 Å². The maximum Gasteiger partial charge on any atom is 0.314 e. The molecule has 0 saturated heterocycles. The van der Waals surface area contributed by atoms with Gasteiger partial charge in [0.1, 0.15) is 6.61 Å². The molecule has 0 aromatic rings. The maximum atomic E-state index is 11.5. The van der Waals surface area contributed by atoms with Crippen molar-refractivity contribution in [2.45, 2.75) is 27.2 Å². The van der Waals surface area contributed by atoms with Crippen molar-refractivity contribution in [3.05, 3.63) is 0 Å². The summed E-state index contributed by atoms with van der Waals surface area (Å²) in [7, 11) is 0. The van der Waals surface area contributed by atoms with E-state index in [1.807, 2.05) is 20.8 Å². The molecule has 0 bridgehead atoms. The van der Waals surface area contributed by atoms with E-state index < -0.39 is 23.8 Å². The fourth-order valence-electron chi connectivity index (χ4n) is 1.67. The molecular formula is C13H25N3O5. The van der Waals surface area contributed by atoms with Crippen LogP contribution in [0.3, 0.4) is 0 Å². The summed E-state index contributed by atoms with van der Waals surface area (Å²) in [6, 6.07) is -0.474. The molecule has 0 spiro atoms. The van der Waals surface area contributed by atoms with E-state index in [1.165, 1.54) is 0 Å². The second kappa shape index (κ2) is 9.17. The standard InChI is InChI=1S/C13H25N3O5/c1-13(2,3)6-9(11(18)19)7-16-12(20)15-4-5-21-8-10(14)17/h9H,4-8H2,1-3H3,(H2,14,17)(H,18,19)(H2,15,16,20). The first-order valence-electron chi connectivity index (χ1n) is 6.72. The molecule has 0 heterocycles. The van der Waals surface area contributed by atoms with E-state index in [2.05, 4.69) is 10.6 Å². The number of carboxylic acid groups (broad SMARTS) is 1. The topological polar surface area (TPSA) is 131 Å². The number of urea groups is 1. The van der Waals surface area contributed by atoms with Crippen LogP contribution in [0.4, 0.5) is 4.79 Å². The Hall–Kier alpha value is -1.83. The van der Waals surface area contributed by atoms with Crippen LogP contribution in [-0.2, 0) is 14.3 Å². The second-order valence-electron chi connectivity index (χ2n) is 5.96. The molecule has 0 radical (unpaired) electrons. The summed E-state index contributed by atoms with van der Waals surface area (Å²) in [5.74, 6) is -2.15. The maximum absolute atomic E-state index is 11.5. The molecule has 21 heavy (non-hydrogen) atoms. The minimum Gasteiger partial charge on any atom is -0.481 e. The summed E-state index contributed by atoms with van der Waals surface area (Å²) in [4.78, 5) is 33.0. The number of aliphatic carboxylic acids is 1. The SMILES string of the molecule is CC(C)(C)CC(CNC(=O)NCCOCC(N)=O)C(=O)O. The number of nitrogens with two attached hydrogens (primary N) is 1. The summed E-state index contributed by atoms with van der Waals surface area (Å²) < 4.78 is 4.86. The molecular weight excluding hydrogens is 278 g/mol. The highest BCUT2D eigenvalue weighted by Gasteiger charge is 2.24. The highest BCUT2D eigenvalue weighted by Crippen LogP contribution is 2.24. The number of rotatable bonds is 9. The smallest absolute Gasteiger partial charge is 0.314 e. The molecule has 3 amide bonds. The Morgan fingerprint density at radius 1 is 1.24 bits per heavy atom. The Morgan fingerprint density at radius 2 is 1.86 bits per heavy atom. The van der Waals surface area contributed by atoms with Crippen LogP contribution in [0.15, 0.2) is 0 Å². The van der Waals surface area contributed by atoms with Crippen LogP contribution in [0, 0.1) is 11.3 Å². The molecule has 0 aromatic carbocycles. The Balaban J connectivity index is 3.93.